The normalized spacial score (nSPS) is 11.0. The summed E-state index contributed by atoms with van der Waals surface area (Å²) in [7, 11) is 0. The van der Waals surface area contributed by atoms with Crippen LogP contribution in [0.3, 0.4) is 0 Å². The topological polar surface area (TPSA) is 69.2 Å². The van der Waals surface area contributed by atoms with Gasteiger partial charge in [0, 0.05) is 17.9 Å². The van der Waals surface area contributed by atoms with Crippen molar-refractivity contribution >= 4 is 11.9 Å². The Labute approximate surface area is 78.3 Å². The van der Waals surface area contributed by atoms with Crippen LogP contribution in [-0.2, 0) is 9.59 Å². The SMILES string of the molecule is CC(C)(C)C(=O)NCCCC(=O)[O-]. The minimum Gasteiger partial charge on any atom is -0.550 e. The first-order chi connectivity index (χ1) is 5.84. The standard InChI is InChI=1S/C9H17NO3/c1-9(2,3)8(13)10-6-4-5-7(11)12/h4-6H2,1-3H3,(H,10,13)(H,11,12)/p-1. The predicted molar refractivity (Wildman–Crippen MR) is 46.7 cm³/mol. The first-order valence-corrected chi connectivity index (χ1v) is 4.32. The number of hydrogen-bond acceptors (Lipinski definition) is 3. The third kappa shape index (κ3) is 6.13. The molecule has 0 spiro atoms. The summed E-state index contributed by atoms with van der Waals surface area (Å²) in [6.07, 6.45) is 0.411. The maximum atomic E-state index is 11.2. The number of nitrogens with one attached hydrogen (secondary N) is 1. The summed E-state index contributed by atoms with van der Waals surface area (Å²) in [5.74, 6) is -1.14. The minimum atomic E-state index is -1.08. The number of carbonyl (C=O) groups excluding carboxylic acids is 2. The monoisotopic (exact) mass is 186 g/mol. The van der Waals surface area contributed by atoms with Gasteiger partial charge in [-0.25, -0.2) is 0 Å². The molecule has 0 aromatic carbocycles. The molecular weight excluding hydrogens is 170 g/mol. The Balaban J connectivity index is 3.55. The van der Waals surface area contributed by atoms with Gasteiger partial charge in [0.25, 0.3) is 0 Å². The number of rotatable bonds is 4. The van der Waals surface area contributed by atoms with Gasteiger partial charge in [-0.15, -0.1) is 0 Å². The van der Waals surface area contributed by atoms with Gasteiger partial charge in [0.05, 0.1) is 0 Å². The Bertz CT molecular complexity index is 194. The second-order valence-corrected chi connectivity index (χ2v) is 3.98. The average Bonchev–Trinajstić information content (AvgIpc) is 1.95. The third-order valence-corrected chi connectivity index (χ3v) is 1.52. The van der Waals surface area contributed by atoms with Crippen LogP contribution in [0.4, 0.5) is 0 Å². The molecule has 0 saturated heterocycles. The van der Waals surface area contributed by atoms with Gasteiger partial charge in [-0.3, -0.25) is 4.79 Å². The number of hydrogen-bond donors (Lipinski definition) is 1. The van der Waals surface area contributed by atoms with E-state index in [9.17, 15) is 14.7 Å². The average molecular weight is 186 g/mol. The van der Waals surface area contributed by atoms with Crippen LogP contribution >= 0.6 is 0 Å². The fourth-order valence-corrected chi connectivity index (χ4v) is 0.700. The zero-order chi connectivity index (χ0) is 10.5. The van der Waals surface area contributed by atoms with E-state index < -0.39 is 11.4 Å². The first-order valence-electron chi connectivity index (χ1n) is 4.32. The minimum absolute atomic E-state index is 0.00950. The molecule has 0 radical (unpaired) electrons. The van der Waals surface area contributed by atoms with Crippen LogP contribution in [-0.4, -0.2) is 18.4 Å². The summed E-state index contributed by atoms with van der Waals surface area (Å²) in [6, 6.07) is 0. The Hall–Kier alpha value is -1.06. The van der Waals surface area contributed by atoms with Gasteiger partial charge in [-0.05, 0) is 12.8 Å². The van der Waals surface area contributed by atoms with Gasteiger partial charge in [-0.2, -0.15) is 0 Å². The summed E-state index contributed by atoms with van der Waals surface area (Å²) in [4.78, 5) is 21.3. The highest BCUT2D eigenvalue weighted by Gasteiger charge is 2.19. The fraction of sp³-hybridized carbons (Fsp3) is 0.778. The van der Waals surface area contributed by atoms with E-state index in [1.54, 1.807) is 20.8 Å². The summed E-state index contributed by atoms with van der Waals surface area (Å²) in [5, 5.41) is 12.7. The maximum Gasteiger partial charge on any atom is 0.225 e. The van der Waals surface area contributed by atoms with Crippen molar-refractivity contribution in [1.29, 1.82) is 0 Å². The molecule has 0 saturated carbocycles. The molecule has 0 heterocycles. The molecule has 0 aromatic rings. The number of carboxylic acids is 1. The Morgan fingerprint density at radius 1 is 1.31 bits per heavy atom. The van der Waals surface area contributed by atoms with Gasteiger partial charge in [0.2, 0.25) is 5.91 Å². The lowest BCUT2D eigenvalue weighted by molar-refractivity contribution is -0.305. The Morgan fingerprint density at radius 2 is 1.85 bits per heavy atom. The molecule has 0 aliphatic heterocycles. The van der Waals surface area contributed by atoms with Crippen LogP contribution in [0.25, 0.3) is 0 Å². The van der Waals surface area contributed by atoms with Gasteiger partial charge >= 0.3 is 0 Å². The lowest BCUT2D eigenvalue weighted by atomic mass is 9.96. The zero-order valence-corrected chi connectivity index (χ0v) is 8.35. The van der Waals surface area contributed by atoms with Crippen molar-refractivity contribution < 1.29 is 14.7 Å². The molecule has 0 aliphatic carbocycles. The van der Waals surface area contributed by atoms with Crippen LogP contribution in [0.5, 0.6) is 0 Å². The molecule has 0 bridgehead atoms. The maximum absolute atomic E-state index is 11.2. The first kappa shape index (κ1) is 11.9. The molecule has 0 rings (SSSR count). The summed E-state index contributed by atoms with van der Waals surface area (Å²) < 4.78 is 0. The molecule has 1 amide bonds. The van der Waals surface area contributed by atoms with Crippen molar-refractivity contribution in [3.63, 3.8) is 0 Å². The van der Waals surface area contributed by atoms with Crippen LogP contribution in [0.15, 0.2) is 0 Å². The molecule has 0 aliphatic rings. The molecule has 4 heteroatoms. The van der Waals surface area contributed by atoms with E-state index in [0.717, 1.165) is 0 Å². The number of carbonyl (C=O) groups is 2. The van der Waals surface area contributed by atoms with Crippen molar-refractivity contribution in [2.24, 2.45) is 5.41 Å². The summed E-state index contributed by atoms with van der Waals surface area (Å²) >= 11 is 0. The summed E-state index contributed by atoms with van der Waals surface area (Å²) in [5.41, 5.74) is -0.415. The number of amides is 1. The lowest BCUT2D eigenvalue weighted by Crippen LogP contribution is -2.35. The van der Waals surface area contributed by atoms with Crippen LogP contribution in [0.1, 0.15) is 33.6 Å². The van der Waals surface area contributed by atoms with E-state index in [1.807, 2.05) is 0 Å². The molecule has 0 unspecified atom stereocenters. The van der Waals surface area contributed by atoms with Gasteiger partial charge in [0.1, 0.15) is 0 Å². The highest BCUT2D eigenvalue weighted by atomic mass is 16.4. The van der Waals surface area contributed by atoms with E-state index in [2.05, 4.69) is 5.32 Å². The molecule has 0 aromatic heterocycles. The van der Waals surface area contributed by atoms with E-state index in [1.165, 1.54) is 0 Å². The molecule has 0 atom stereocenters. The second kappa shape index (κ2) is 4.84. The molecule has 76 valence electrons. The predicted octanol–water partition coefficient (Wildman–Crippen LogP) is -0.321. The largest absolute Gasteiger partial charge is 0.550 e. The zero-order valence-electron chi connectivity index (χ0n) is 8.35. The second-order valence-electron chi connectivity index (χ2n) is 3.98. The summed E-state index contributed by atoms with van der Waals surface area (Å²) in [6.45, 7) is 5.81. The lowest BCUT2D eigenvalue weighted by Gasteiger charge is -2.17. The van der Waals surface area contributed by atoms with Crippen molar-refractivity contribution in [2.75, 3.05) is 6.54 Å². The van der Waals surface area contributed by atoms with E-state index in [4.69, 9.17) is 0 Å². The van der Waals surface area contributed by atoms with Crippen molar-refractivity contribution in [3.8, 4) is 0 Å². The molecule has 13 heavy (non-hydrogen) atoms. The fourth-order valence-electron chi connectivity index (χ4n) is 0.700. The third-order valence-electron chi connectivity index (χ3n) is 1.52. The van der Waals surface area contributed by atoms with Gasteiger partial charge in [0.15, 0.2) is 0 Å². The quantitative estimate of drug-likeness (QED) is 0.612. The smallest absolute Gasteiger partial charge is 0.225 e. The molecule has 1 N–H and O–H groups in total. The van der Waals surface area contributed by atoms with E-state index >= 15 is 0 Å². The highest BCUT2D eigenvalue weighted by molar-refractivity contribution is 5.81. The number of aliphatic carboxylic acids is 1. The van der Waals surface area contributed by atoms with Crippen molar-refractivity contribution in [2.45, 2.75) is 33.6 Å². The Morgan fingerprint density at radius 3 is 2.23 bits per heavy atom. The highest BCUT2D eigenvalue weighted by Crippen LogP contribution is 2.12. The van der Waals surface area contributed by atoms with Gasteiger partial charge < -0.3 is 15.2 Å². The Kier molecular flexibility index (Phi) is 4.45. The van der Waals surface area contributed by atoms with Crippen molar-refractivity contribution in [3.05, 3.63) is 0 Å². The van der Waals surface area contributed by atoms with Crippen LogP contribution in [0.2, 0.25) is 0 Å². The number of carboxylic acid groups (broad SMARTS) is 1. The molecule has 4 nitrogen and oxygen atoms in total. The van der Waals surface area contributed by atoms with Crippen molar-refractivity contribution in [1.82, 2.24) is 5.32 Å². The van der Waals surface area contributed by atoms with Crippen LogP contribution < -0.4 is 10.4 Å². The molecular formula is C9H16NO3-. The van der Waals surface area contributed by atoms with E-state index in [0.29, 0.717) is 13.0 Å². The van der Waals surface area contributed by atoms with Gasteiger partial charge in [-0.1, -0.05) is 20.8 Å². The molecule has 0 fully saturated rings. The van der Waals surface area contributed by atoms with Crippen LogP contribution in [0, 0.1) is 5.41 Å². The van der Waals surface area contributed by atoms with E-state index in [-0.39, 0.29) is 12.3 Å².